The van der Waals surface area contributed by atoms with Gasteiger partial charge in [-0.3, -0.25) is 9.59 Å². The first-order chi connectivity index (χ1) is 16.4. The average molecular weight is 450 g/mol. The molecule has 0 fully saturated rings. The maximum absolute atomic E-state index is 13.6. The molecule has 4 aromatic rings. The molecule has 0 bridgehead atoms. The smallest absolute Gasteiger partial charge is 0.251 e. The van der Waals surface area contributed by atoms with Crippen LogP contribution in [-0.2, 0) is 11.2 Å². The Morgan fingerprint density at radius 1 is 0.912 bits per heavy atom. The SMILES string of the molecule is Cc1ccc([C@@H]2c3c(C)nn(-c4ccccc4)c3CC(=O)[C@H]2NC(=O)c2cccc(C)c2)cc1. The Labute approximate surface area is 199 Å². The first kappa shape index (κ1) is 21.8. The Kier molecular flexibility index (Phi) is 5.62. The van der Waals surface area contributed by atoms with Crippen LogP contribution in [0.15, 0.2) is 78.9 Å². The topological polar surface area (TPSA) is 64.0 Å². The van der Waals surface area contributed by atoms with Crippen molar-refractivity contribution < 1.29 is 9.59 Å². The minimum Gasteiger partial charge on any atom is -0.341 e. The van der Waals surface area contributed by atoms with Gasteiger partial charge in [-0.1, -0.05) is 65.7 Å². The number of Topliss-reactive ketones (excluding diaryl/α,β-unsaturated/α-hetero) is 1. The lowest BCUT2D eigenvalue weighted by Crippen LogP contribution is -2.48. The van der Waals surface area contributed by atoms with Crippen molar-refractivity contribution >= 4 is 11.7 Å². The van der Waals surface area contributed by atoms with Crippen molar-refractivity contribution in [1.82, 2.24) is 15.1 Å². The van der Waals surface area contributed by atoms with Crippen LogP contribution < -0.4 is 5.32 Å². The van der Waals surface area contributed by atoms with Crippen LogP contribution in [0.5, 0.6) is 0 Å². The number of aromatic nitrogens is 2. The number of ketones is 1. The molecule has 34 heavy (non-hydrogen) atoms. The van der Waals surface area contributed by atoms with Crippen molar-refractivity contribution in [3.63, 3.8) is 0 Å². The van der Waals surface area contributed by atoms with Crippen LogP contribution in [0.1, 0.15) is 49.9 Å². The Bertz CT molecular complexity index is 1370. The molecule has 0 saturated heterocycles. The number of rotatable bonds is 4. The maximum Gasteiger partial charge on any atom is 0.251 e. The molecule has 1 N–H and O–H groups in total. The van der Waals surface area contributed by atoms with Crippen molar-refractivity contribution in [2.75, 3.05) is 0 Å². The summed E-state index contributed by atoms with van der Waals surface area (Å²) in [6.07, 6.45) is 0.214. The lowest BCUT2D eigenvalue weighted by Gasteiger charge is -2.32. The van der Waals surface area contributed by atoms with Crippen molar-refractivity contribution in [2.45, 2.75) is 39.2 Å². The zero-order valence-electron chi connectivity index (χ0n) is 19.6. The summed E-state index contributed by atoms with van der Waals surface area (Å²) in [7, 11) is 0. The third kappa shape index (κ3) is 3.94. The zero-order chi connectivity index (χ0) is 23.8. The second-order valence-electron chi connectivity index (χ2n) is 9.05. The number of hydrogen-bond acceptors (Lipinski definition) is 3. The molecule has 1 heterocycles. The van der Waals surface area contributed by atoms with Gasteiger partial charge in [0.25, 0.3) is 5.91 Å². The number of carbonyl (C=O) groups is 2. The summed E-state index contributed by atoms with van der Waals surface area (Å²) in [6, 6.07) is 24.8. The number of hydrogen-bond donors (Lipinski definition) is 1. The highest BCUT2D eigenvalue weighted by Gasteiger charge is 2.41. The van der Waals surface area contributed by atoms with Gasteiger partial charge in [0.2, 0.25) is 0 Å². The Morgan fingerprint density at radius 3 is 2.35 bits per heavy atom. The Hall–Kier alpha value is -3.99. The molecule has 1 aliphatic carbocycles. The fraction of sp³-hybridized carbons (Fsp3) is 0.207. The predicted octanol–water partition coefficient (Wildman–Crippen LogP) is 4.85. The molecule has 1 aliphatic rings. The van der Waals surface area contributed by atoms with Crippen LogP contribution >= 0.6 is 0 Å². The third-order valence-electron chi connectivity index (χ3n) is 6.54. The molecular weight excluding hydrogens is 422 g/mol. The molecule has 1 aromatic heterocycles. The van der Waals surface area contributed by atoms with E-state index in [1.807, 2.05) is 98.2 Å². The highest BCUT2D eigenvalue weighted by atomic mass is 16.2. The van der Waals surface area contributed by atoms with E-state index in [9.17, 15) is 9.59 Å². The Balaban J connectivity index is 1.62. The molecule has 3 aromatic carbocycles. The molecule has 1 amide bonds. The van der Waals surface area contributed by atoms with Crippen molar-refractivity contribution in [3.05, 3.63) is 118 Å². The number of amides is 1. The van der Waals surface area contributed by atoms with Gasteiger partial charge < -0.3 is 5.32 Å². The van der Waals surface area contributed by atoms with Gasteiger partial charge in [0.1, 0.15) is 0 Å². The van der Waals surface area contributed by atoms with E-state index < -0.39 is 6.04 Å². The van der Waals surface area contributed by atoms with Crippen LogP contribution in [0.2, 0.25) is 0 Å². The number of fused-ring (bicyclic) bond motifs is 1. The number of nitrogens with zero attached hydrogens (tertiary/aromatic N) is 2. The number of carbonyl (C=O) groups excluding carboxylic acids is 2. The van der Waals surface area contributed by atoms with E-state index in [2.05, 4.69) is 5.32 Å². The van der Waals surface area contributed by atoms with E-state index in [1.54, 1.807) is 6.07 Å². The van der Waals surface area contributed by atoms with Gasteiger partial charge in [0.15, 0.2) is 5.78 Å². The maximum atomic E-state index is 13.6. The summed E-state index contributed by atoms with van der Waals surface area (Å²) in [5.41, 5.74) is 7.38. The first-order valence-electron chi connectivity index (χ1n) is 11.5. The fourth-order valence-electron chi connectivity index (χ4n) is 4.88. The lowest BCUT2D eigenvalue weighted by atomic mass is 9.76. The van der Waals surface area contributed by atoms with Crippen LogP contribution in [0.25, 0.3) is 5.69 Å². The molecule has 0 aliphatic heterocycles. The van der Waals surface area contributed by atoms with Crippen molar-refractivity contribution in [1.29, 1.82) is 0 Å². The van der Waals surface area contributed by atoms with Gasteiger partial charge in [-0.2, -0.15) is 5.10 Å². The average Bonchev–Trinajstić information content (AvgIpc) is 3.16. The molecule has 5 rings (SSSR count). The van der Waals surface area contributed by atoms with E-state index in [0.29, 0.717) is 5.56 Å². The summed E-state index contributed by atoms with van der Waals surface area (Å²) < 4.78 is 1.88. The van der Waals surface area contributed by atoms with Crippen LogP contribution in [-0.4, -0.2) is 27.5 Å². The van der Waals surface area contributed by atoms with Crippen LogP contribution in [0.3, 0.4) is 0 Å². The van der Waals surface area contributed by atoms with E-state index >= 15 is 0 Å². The van der Waals surface area contributed by atoms with Gasteiger partial charge in [-0.25, -0.2) is 4.68 Å². The van der Waals surface area contributed by atoms with Crippen LogP contribution in [0.4, 0.5) is 0 Å². The molecular formula is C29H27N3O2. The molecule has 5 nitrogen and oxygen atoms in total. The van der Waals surface area contributed by atoms with Gasteiger partial charge in [-0.05, 0) is 50.6 Å². The lowest BCUT2D eigenvalue weighted by molar-refractivity contribution is -0.121. The van der Waals surface area contributed by atoms with E-state index in [0.717, 1.165) is 39.3 Å². The molecule has 5 heteroatoms. The van der Waals surface area contributed by atoms with Crippen LogP contribution in [0, 0.1) is 20.8 Å². The minimum absolute atomic E-state index is 0.0174. The largest absolute Gasteiger partial charge is 0.341 e. The quantitative estimate of drug-likeness (QED) is 0.484. The van der Waals surface area contributed by atoms with E-state index in [-0.39, 0.29) is 24.0 Å². The van der Waals surface area contributed by atoms with E-state index in [4.69, 9.17) is 5.10 Å². The fourth-order valence-corrected chi connectivity index (χ4v) is 4.88. The molecule has 0 spiro atoms. The molecule has 170 valence electrons. The van der Waals surface area contributed by atoms with Crippen molar-refractivity contribution in [2.24, 2.45) is 0 Å². The number of para-hydroxylation sites is 1. The summed E-state index contributed by atoms with van der Waals surface area (Å²) in [4.78, 5) is 26.8. The highest BCUT2D eigenvalue weighted by molar-refractivity contribution is 6.00. The van der Waals surface area contributed by atoms with Gasteiger partial charge in [0, 0.05) is 17.0 Å². The Morgan fingerprint density at radius 2 is 1.65 bits per heavy atom. The molecule has 0 saturated carbocycles. The van der Waals surface area contributed by atoms with Gasteiger partial charge >= 0.3 is 0 Å². The van der Waals surface area contributed by atoms with E-state index in [1.165, 1.54) is 0 Å². The first-order valence-corrected chi connectivity index (χ1v) is 11.5. The number of nitrogens with one attached hydrogen (secondary N) is 1. The standard InChI is InChI=1S/C29H27N3O2/c1-18-12-14-21(15-13-18)27-26-20(3)31-32(23-10-5-4-6-11-23)24(26)17-25(33)28(27)30-29(34)22-9-7-8-19(2)16-22/h4-16,27-28H,17H2,1-3H3,(H,30,34)/t27-,28-/m1/s1. The molecule has 0 unspecified atom stereocenters. The summed E-state index contributed by atoms with van der Waals surface area (Å²) >= 11 is 0. The van der Waals surface area contributed by atoms with Gasteiger partial charge in [-0.15, -0.1) is 0 Å². The molecule has 0 radical (unpaired) electrons. The summed E-state index contributed by atoms with van der Waals surface area (Å²) in [5, 5.41) is 7.89. The molecule has 2 atom stereocenters. The summed E-state index contributed by atoms with van der Waals surface area (Å²) in [6.45, 7) is 5.97. The number of aryl methyl sites for hydroxylation is 3. The number of benzene rings is 3. The van der Waals surface area contributed by atoms with Gasteiger partial charge in [0.05, 0.1) is 29.5 Å². The highest BCUT2D eigenvalue weighted by Crippen LogP contribution is 2.39. The minimum atomic E-state index is -0.671. The zero-order valence-corrected chi connectivity index (χ0v) is 19.6. The van der Waals surface area contributed by atoms with Crippen molar-refractivity contribution in [3.8, 4) is 5.69 Å². The second kappa shape index (κ2) is 8.75. The summed E-state index contributed by atoms with van der Waals surface area (Å²) in [5.74, 6) is -0.574. The second-order valence-corrected chi connectivity index (χ2v) is 9.05. The normalized spacial score (nSPS) is 17.3. The third-order valence-corrected chi connectivity index (χ3v) is 6.54. The predicted molar refractivity (Wildman–Crippen MR) is 132 cm³/mol. The monoisotopic (exact) mass is 449 g/mol.